The molecule has 7 nitrogen and oxygen atoms in total. The molecule has 0 aliphatic rings. The second-order valence-corrected chi connectivity index (χ2v) is 5.66. The van der Waals surface area contributed by atoms with E-state index in [0.29, 0.717) is 19.6 Å². The largest absolute Gasteiger partial charge is 0.394 e. The fraction of sp³-hybridized carbons (Fsp3) is 1.00. The zero-order valence-electron chi connectivity index (χ0n) is 14.4. The lowest BCUT2D eigenvalue weighted by molar-refractivity contribution is -0.168. The molecule has 140 valence electrons. The number of unbranched alkanes of at least 4 members (excludes halogenated alkanes) is 4. The summed E-state index contributed by atoms with van der Waals surface area (Å²) in [6.45, 7) is 2.31. The number of aliphatic hydroxyl groups is 4. The van der Waals surface area contributed by atoms with Crippen molar-refractivity contribution in [1.82, 2.24) is 0 Å². The number of aliphatic hydroxyl groups excluding tert-OH is 4. The molecule has 0 spiro atoms. The molecule has 0 saturated heterocycles. The van der Waals surface area contributed by atoms with Gasteiger partial charge < -0.3 is 34.6 Å². The van der Waals surface area contributed by atoms with E-state index in [9.17, 15) is 15.3 Å². The molecule has 0 radical (unpaired) electrons. The van der Waals surface area contributed by atoms with Gasteiger partial charge in [-0.3, -0.25) is 0 Å². The molecule has 7 heteroatoms. The van der Waals surface area contributed by atoms with E-state index in [1.807, 2.05) is 0 Å². The quantitative estimate of drug-likeness (QED) is 0.239. The smallest absolute Gasteiger partial charge is 0.147 e. The monoisotopic (exact) mass is 338 g/mol. The second kappa shape index (κ2) is 15.3. The van der Waals surface area contributed by atoms with Gasteiger partial charge in [0.25, 0.3) is 0 Å². The number of hydrogen-bond donors (Lipinski definition) is 4. The first-order chi connectivity index (χ1) is 11.1. The van der Waals surface area contributed by atoms with Crippen LogP contribution >= 0.6 is 0 Å². The van der Waals surface area contributed by atoms with Gasteiger partial charge in [0.2, 0.25) is 0 Å². The summed E-state index contributed by atoms with van der Waals surface area (Å²) in [5.74, 6) is 0. The molecular weight excluding hydrogens is 304 g/mol. The van der Waals surface area contributed by atoms with Gasteiger partial charge >= 0.3 is 0 Å². The van der Waals surface area contributed by atoms with Crippen LogP contribution < -0.4 is 0 Å². The molecule has 0 aromatic rings. The zero-order valence-corrected chi connectivity index (χ0v) is 14.4. The first kappa shape index (κ1) is 22.7. The predicted molar refractivity (Wildman–Crippen MR) is 86.1 cm³/mol. The average molecular weight is 338 g/mol. The fourth-order valence-electron chi connectivity index (χ4n) is 2.19. The molecule has 0 aromatic carbocycles. The Hall–Kier alpha value is -0.280. The van der Waals surface area contributed by atoms with Crippen molar-refractivity contribution in [2.75, 3.05) is 33.7 Å². The van der Waals surface area contributed by atoms with E-state index in [2.05, 4.69) is 6.92 Å². The Kier molecular flexibility index (Phi) is 15.1. The van der Waals surface area contributed by atoms with Crippen molar-refractivity contribution in [3.05, 3.63) is 0 Å². The molecule has 0 aliphatic carbocycles. The van der Waals surface area contributed by atoms with Gasteiger partial charge in [0, 0.05) is 7.11 Å². The lowest BCUT2D eigenvalue weighted by Gasteiger charge is -2.29. The van der Waals surface area contributed by atoms with Crippen LogP contribution in [0.15, 0.2) is 0 Å². The molecular formula is C16H34O7. The molecule has 4 atom stereocenters. The summed E-state index contributed by atoms with van der Waals surface area (Å²) in [4.78, 5) is 0. The molecule has 0 amide bonds. The second-order valence-electron chi connectivity index (χ2n) is 5.66. The summed E-state index contributed by atoms with van der Waals surface area (Å²) >= 11 is 0. The Balaban J connectivity index is 4.28. The minimum atomic E-state index is -1.46. The average Bonchev–Trinajstić information content (AvgIpc) is 2.57. The standard InChI is InChI=1S/C16H34O7/c1-3-4-5-6-7-8-14(23-12-22-10-9-21-2)16(20)15(19)13(18)11-17/h13-20H,3-12H2,1-2H3/t13-,14-,15-,16-/m1/s1. The summed E-state index contributed by atoms with van der Waals surface area (Å²) in [5, 5.41) is 38.3. The van der Waals surface area contributed by atoms with Gasteiger partial charge in [-0.2, -0.15) is 0 Å². The molecule has 0 fully saturated rings. The number of rotatable bonds is 16. The maximum Gasteiger partial charge on any atom is 0.147 e. The maximum absolute atomic E-state index is 10.2. The van der Waals surface area contributed by atoms with Crippen LogP contribution in [0.3, 0.4) is 0 Å². The highest BCUT2D eigenvalue weighted by molar-refractivity contribution is 4.81. The molecule has 0 saturated carbocycles. The van der Waals surface area contributed by atoms with Crippen molar-refractivity contribution < 1.29 is 34.6 Å². The van der Waals surface area contributed by atoms with Gasteiger partial charge in [-0.15, -0.1) is 0 Å². The molecule has 0 bridgehead atoms. The predicted octanol–water partition coefficient (Wildman–Crippen LogP) is 0.428. The lowest BCUT2D eigenvalue weighted by Crippen LogP contribution is -2.47. The SMILES string of the molecule is CCCCCCC[C@@H](OCOCCOC)[C@@H](O)[C@H](O)[C@H](O)CO. The Bertz CT molecular complexity index is 239. The highest BCUT2D eigenvalue weighted by atomic mass is 16.7. The maximum atomic E-state index is 10.2. The van der Waals surface area contributed by atoms with Crippen molar-refractivity contribution >= 4 is 0 Å². The van der Waals surface area contributed by atoms with Crippen molar-refractivity contribution in [3.8, 4) is 0 Å². The van der Waals surface area contributed by atoms with Crippen molar-refractivity contribution in [1.29, 1.82) is 0 Å². The van der Waals surface area contributed by atoms with Gasteiger partial charge in [-0.25, -0.2) is 0 Å². The summed E-state index contributed by atoms with van der Waals surface area (Å²) in [6.07, 6.45) is 1.05. The molecule has 0 heterocycles. The first-order valence-electron chi connectivity index (χ1n) is 8.41. The zero-order chi connectivity index (χ0) is 17.5. The highest BCUT2D eigenvalue weighted by Crippen LogP contribution is 2.16. The van der Waals surface area contributed by atoms with E-state index in [1.165, 1.54) is 6.42 Å². The Labute approximate surface area is 139 Å². The topological polar surface area (TPSA) is 109 Å². The first-order valence-corrected chi connectivity index (χ1v) is 8.41. The van der Waals surface area contributed by atoms with E-state index in [4.69, 9.17) is 19.3 Å². The Morgan fingerprint density at radius 3 is 2.22 bits per heavy atom. The fourth-order valence-corrected chi connectivity index (χ4v) is 2.19. The molecule has 0 aromatic heterocycles. The number of methoxy groups -OCH3 is 1. The van der Waals surface area contributed by atoms with E-state index in [1.54, 1.807) is 7.11 Å². The molecule has 4 N–H and O–H groups in total. The molecule has 23 heavy (non-hydrogen) atoms. The molecule has 0 unspecified atom stereocenters. The Morgan fingerprint density at radius 2 is 1.61 bits per heavy atom. The summed E-state index contributed by atoms with van der Waals surface area (Å²) < 4.78 is 15.6. The van der Waals surface area contributed by atoms with Gasteiger partial charge in [0.15, 0.2) is 0 Å². The van der Waals surface area contributed by atoms with E-state index >= 15 is 0 Å². The van der Waals surface area contributed by atoms with Crippen molar-refractivity contribution in [2.45, 2.75) is 69.9 Å². The third kappa shape index (κ3) is 11.0. The minimum Gasteiger partial charge on any atom is -0.394 e. The van der Waals surface area contributed by atoms with Crippen molar-refractivity contribution in [2.24, 2.45) is 0 Å². The summed E-state index contributed by atoms with van der Waals surface area (Å²) in [6, 6.07) is 0. The Morgan fingerprint density at radius 1 is 0.913 bits per heavy atom. The van der Waals surface area contributed by atoms with Crippen molar-refractivity contribution in [3.63, 3.8) is 0 Å². The van der Waals surface area contributed by atoms with Crippen LogP contribution in [0.2, 0.25) is 0 Å². The van der Waals surface area contributed by atoms with E-state index in [-0.39, 0.29) is 6.79 Å². The normalized spacial score (nSPS) is 17.0. The summed E-state index contributed by atoms with van der Waals surface area (Å²) in [7, 11) is 1.57. The van der Waals surface area contributed by atoms with Crippen LogP contribution in [-0.2, 0) is 14.2 Å². The van der Waals surface area contributed by atoms with Crippen LogP contribution in [0.1, 0.15) is 45.4 Å². The van der Waals surface area contributed by atoms with Crippen LogP contribution in [0.5, 0.6) is 0 Å². The minimum absolute atomic E-state index is 0.0258. The molecule has 0 aliphatic heterocycles. The lowest BCUT2D eigenvalue weighted by atomic mass is 9.98. The van der Waals surface area contributed by atoms with Crippen LogP contribution in [-0.4, -0.2) is 78.6 Å². The van der Waals surface area contributed by atoms with Crippen LogP contribution in [0.4, 0.5) is 0 Å². The van der Waals surface area contributed by atoms with Gasteiger partial charge in [-0.05, 0) is 6.42 Å². The third-order valence-electron chi connectivity index (χ3n) is 3.70. The number of ether oxygens (including phenoxy) is 3. The van der Waals surface area contributed by atoms with Gasteiger partial charge in [0.1, 0.15) is 25.1 Å². The number of hydrogen-bond acceptors (Lipinski definition) is 7. The third-order valence-corrected chi connectivity index (χ3v) is 3.70. The molecule has 0 rings (SSSR count). The van der Waals surface area contributed by atoms with Gasteiger partial charge in [0.05, 0.1) is 25.9 Å². The van der Waals surface area contributed by atoms with Gasteiger partial charge in [-0.1, -0.05) is 39.0 Å². The highest BCUT2D eigenvalue weighted by Gasteiger charge is 2.31. The van der Waals surface area contributed by atoms with E-state index < -0.39 is 31.0 Å². The van der Waals surface area contributed by atoms with Crippen LogP contribution in [0, 0.1) is 0 Å². The van der Waals surface area contributed by atoms with E-state index in [0.717, 1.165) is 25.7 Å². The summed E-state index contributed by atoms with van der Waals surface area (Å²) in [5.41, 5.74) is 0. The van der Waals surface area contributed by atoms with Crippen LogP contribution in [0.25, 0.3) is 0 Å².